The first-order valence-electron chi connectivity index (χ1n) is 6.57. The first kappa shape index (κ1) is 14.2. The summed E-state index contributed by atoms with van der Waals surface area (Å²) in [6, 6.07) is 6.95. The molecule has 0 bridgehead atoms. The fourth-order valence-electron chi connectivity index (χ4n) is 2.29. The van der Waals surface area contributed by atoms with Crippen LogP contribution in [0.15, 0.2) is 42.9 Å². The van der Waals surface area contributed by atoms with Gasteiger partial charge in [-0.1, -0.05) is 0 Å². The summed E-state index contributed by atoms with van der Waals surface area (Å²) in [5.74, 6) is -0.400. The van der Waals surface area contributed by atoms with E-state index in [1.165, 1.54) is 4.90 Å². The molecule has 3 rings (SSSR count). The van der Waals surface area contributed by atoms with Gasteiger partial charge in [-0.3, -0.25) is 0 Å². The van der Waals surface area contributed by atoms with Crippen LogP contribution in [0, 0.1) is 0 Å². The van der Waals surface area contributed by atoms with Gasteiger partial charge < -0.3 is 0 Å². The molecule has 0 saturated heterocycles. The van der Waals surface area contributed by atoms with Crippen molar-refractivity contribution in [3.63, 3.8) is 0 Å². The molecule has 2 heterocycles. The maximum absolute atomic E-state index is 12.1. The summed E-state index contributed by atoms with van der Waals surface area (Å²) in [5, 5.41) is 0. The van der Waals surface area contributed by atoms with Crippen molar-refractivity contribution in [2.45, 2.75) is 6.42 Å². The molecule has 0 fully saturated rings. The van der Waals surface area contributed by atoms with E-state index in [0.29, 0.717) is 50.2 Å². The monoisotopic (exact) mass is 471 g/mol. The van der Waals surface area contributed by atoms with Gasteiger partial charge in [-0.25, -0.2) is 0 Å². The standard InChI is InChI=1S/C15H12N3O2.Tl/c19-14-12-6-1-2-7-13(12)15(20)18(14)8-4-3-5-11-9-16-10-17-11;/h1-3,5-7,9-10H,4,8H2;/q-1;+1/b5-3+;. The average molecular weight is 471 g/mol. The molecule has 21 heavy (non-hydrogen) atoms. The number of imidazole rings is 1. The maximum atomic E-state index is 12.1. The predicted octanol–water partition coefficient (Wildman–Crippen LogP) is 1.51. The minimum absolute atomic E-state index is 0.200. The van der Waals surface area contributed by atoms with Crippen molar-refractivity contribution in [2.24, 2.45) is 0 Å². The third-order valence-corrected chi connectivity index (χ3v) is 4.41. The molecule has 0 saturated carbocycles. The molecule has 0 atom stereocenters. The molecule has 2 amide bonds. The normalized spacial score (nSPS) is 14.1. The van der Waals surface area contributed by atoms with E-state index in [-0.39, 0.29) is 11.8 Å². The SMILES string of the molecule is O=C1c2ccccc2C(=O)N1CC/C=C/c1c[n]([Tl])cn1. The van der Waals surface area contributed by atoms with Crippen molar-refractivity contribution < 1.29 is 9.59 Å². The van der Waals surface area contributed by atoms with Crippen LogP contribution in [0.25, 0.3) is 6.08 Å². The second-order valence-electron chi connectivity index (χ2n) is 4.74. The molecule has 1 aromatic heterocycles. The number of imide groups is 1. The Bertz CT molecular complexity index is 701. The number of carbonyl (C=O) groups excluding carboxylic acids is 2. The van der Waals surface area contributed by atoms with E-state index in [2.05, 4.69) is 4.98 Å². The fraction of sp³-hybridized carbons (Fsp3) is 0.133. The van der Waals surface area contributed by atoms with Crippen molar-refractivity contribution in [3.05, 3.63) is 59.7 Å². The average Bonchev–Trinajstić information content (AvgIpc) is 3.00. The number of rotatable bonds is 4. The van der Waals surface area contributed by atoms with E-state index < -0.39 is 0 Å². The quantitative estimate of drug-likeness (QED) is 0.503. The second-order valence-corrected chi connectivity index (χ2v) is 7.06. The molecule has 5 nitrogen and oxygen atoms in total. The van der Waals surface area contributed by atoms with Gasteiger partial charge in [0.05, 0.1) is 0 Å². The summed E-state index contributed by atoms with van der Waals surface area (Å²) >= 11 is 0.711. The summed E-state index contributed by atoms with van der Waals surface area (Å²) in [6.45, 7) is 0.395. The van der Waals surface area contributed by atoms with Crippen LogP contribution in [0.5, 0.6) is 0 Å². The van der Waals surface area contributed by atoms with Crippen molar-refractivity contribution in [3.8, 4) is 0 Å². The molecular formula is C15H12N3O2Tl. The van der Waals surface area contributed by atoms with Crippen LogP contribution in [-0.4, -0.2) is 56.7 Å². The fourth-order valence-corrected chi connectivity index (χ4v) is 3.14. The van der Waals surface area contributed by atoms with Gasteiger partial charge in [-0.05, 0) is 0 Å². The number of aromatic nitrogens is 2. The van der Waals surface area contributed by atoms with Gasteiger partial charge in [0, 0.05) is 0 Å². The van der Waals surface area contributed by atoms with Crippen LogP contribution in [-0.2, 0) is 0 Å². The molecule has 0 spiro atoms. The van der Waals surface area contributed by atoms with Crippen molar-refractivity contribution in [1.29, 1.82) is 0 Å². The number of hydrogen-bond donors (Lipinski definition) is 0. The van der Waals surface area contributed by atoms with Gasteiger partial charge in [0.25, 0.3) is 0 Å². The molecule has 1 aliphatic rings. The Morgan fingerprint density at radius 2 is 1.81 bits per heavy atom. The summed E-state index contributed by atoms with van der Waals surface area (Å²) in [5.41, 5.74) is 1.91. The molecular weight excluding hydrogens is 459 g/mol. The molecule has 0 N–H and O–H groups in total. The van der Waals surface area contributed by atoms with Gasteiger partial charge in [0.15, 0.2) is 0 Å². The molecule has 0 aliphatic carbocycles. The Hall–Kier alpha value is -1.77. The second kappa shape index (κ2) is 5.92. The topological polar surface area (TPSA) is 55.2 Å². The Kier molecular flexibility index (Phi) is 4.00. The summed E-state index contributed by atoms with van der Waals surface area (Å²) in [4.78, 5) is 29.8. The third kappa shape index (κ3) is 2.83. The van der Waals surface area contributed by atoms with Gasteiger partial charge in [-0.15, -0.1) is 0 Å². The molecule has 6 heteroatoms. The molecule has 1 aliphatic heterocycles. The number of fused-ring (bicyclic) bond motifs is 1. The molecule has 102 valence electrons. The Balaban J connectivity index is 1.63. The Labute approximate surface area is 138 Å². The summed E-state index contributed by atoms with van der Waals surface area (Å²) < 4.78 is 2.03. The summed E-state index contributed by atoms with van der Waals surface area (Å²) in [7, 11) is 0. The number of benzene rings is 1. The van der Waals surface area contributed by atoms with Gasteiger partial charge in [-0.2, -0.15) is 0 Å². The van der Waals surface area contributed by atoms with Crippen LogP contribution in [0.4, 0.5) is 0 Å². The molecule has 0 unspecified atom stereocenters. The van der Waals surface area contributed by atoms with E-state index >= 15 is 0 Å². The van der Waals surface area contributed by atoms with Crippen LogP contribution < -0.4 is 0 Å². The molecule has 1 aromatic carbocycles. The number of carbonyl (C=O) groups is 2. The van der Waals surface area contributed by atoms with Crippen LogP contribution in [0.2, 0.25) is 0 Å². The Morgan fingerprint density at radius 3 is 2.38 bits per heavy atom. The number of hydrogen-bond acceptors (Lipinski definition) is 3. The third-order valence-electron chi connectivity index (χ3n) is 3.31. The van der Waals surface area contributed by atoms with Crippen molar-refractivity contribution in [1.82, 2.24) is 12.3 Å². The first-order valence-corrected chi connectivity index (χ1v) is 8.58. The van der Waals surface area contributed by atoms with E-state index in [1.807, 2.05) is 20.7 Å². The van der Waals surface area contributed by atoms with Crippen molar-refractivity contribution in [2.75, 3.05) is 6.54 Å². The van der Waals surface area contributed by atoms with Crippen molar-refractivity contribution >= 4 is 44.0 Å². The predicted molar refractivity (Wildman–Crippen MR) is 78.8 cm³/mol. The molecule has 2 aromatic rings. The van der Waals surface area contributed by atoms with Gasteiger partial charge in [0.1, 0.15) is 0 Å². The van der Waals surface area contributed by atoms with Crippen LogP contribution in [0.3, 0.4) is 0 Å². The van der Waals surface area contributed by atoms with E-state index in [4.69, 9.17) is 0 Å². The van der Waals surface area contributed by atoms with E-state index in [0.717, 1.165) is 5.69 Å². The van der Waals surface area contributed by atoms with E-state index in [9.17, 15) is 9.59 Å². The van der Waals surface area contributed by atoms with Gasteiger partial charge in [0.2, 0.25) is 0 Å². The zero-order chi connectivity index (χ0) is 14.8. The van der Waals surface area contributed by atoms with Gasteiger partial charge >= 0.3 is 138 Å². The minimum atomic E-state index is -0.200. The summed E-state index contributed by atoms with van der Waals surface area (Å²) in [6.07, 6.45) is 8.26. The van der Waals surface area contributed by atoms with E-state index in [1.54, 1.807) is 30.6 Å². The molecule has 0 radical (unpaired) electrons. The number of nitrogens with zero attached hydrogens (tertiary/aromatic N) is 3. The van der Waals surface area contributed by atoms with Crippen LogP contribution in [0.1, 0.15) is 32.8 Å². The zero-order valence-corrected chi connectivity index (χ0v) is 15.8. The number of amides is 2. The zero-order valence-electron chi connectivity index (χ0n) is 11.3. The first-order chi connectivity index (χ1) is 10.2. The Morgan fingerprint density at radius 1 is 1.14 bits per heavy atom. The van der Waals surface area contributed by atoms with Crippen LogP contribution >= 0.6 is 0 Å².